The number of amides is 4. The number of likely N-dealkylation sites (tertiary alicyclic amines) is 2. The van der Waals surface area contributed by atoms with Crippen molar-refractivity contribution in [3.05, 3.63) is 115 Å². The van der Waals surface area contributed by atoms with Gasteiger partial charge in [0.1, 0.15) is 0 Å². The smallest absolute Gasteiger partial charge is 0.318 e. The van der Waals surface area contributed by atoms with Crippen LogP contribution in [0, 0.1) is 0 Å². The van der Waals surface area contributed by atoms with E-state index in [1.807, 2.05) is 79.3 Å². The quantitative estimate of drug-likeness (QED) is 0.0922. The van der Waals surface area contributed by atoms with Crippen LogP contribution in [0.15, 0.2) is 67.3 Å². The summed E-state index contributed by atoms with van der Waals surface area (Å²) < 4.78 is 1.98. The van der Waals surface area contributed by atoms with Gasteiger partial charge in [-0.25, -0.2) is 9.59 Å². The number of rotatable bonds is 13. The Morgan fingerprint density at radius 2 is 1.45 bits per heavy atom. The van der Waals surface area contributed by atoms with E-state index >= 15 is 0 Å². The summed E-state index contributed by atoms with van der Waals surface area (Å²) in [5, 5.41) is 30.0. The van der Waals surface area contributed by atoms with Gasteiger partial charge in [0.15, 0.2) is 0 Å². The summed E-state index contributed by atoms with van der Waals surface area (Å²) >= 11 is 27.3. The highest BCUT2D eigenvalue weighted by molar-refractivity contribution is 6.44. The van der Waals surface area contributed by atoms with Gasteiger partial charge in [0, 0.05) is 72.9 Å². The van der Waals surface area contributed by atoms with Gasteiger partial charge >= 0.3 is 12.1 Å². The Morgan fingerprint density at radius 3 is 2.06 bits per heavy atom. The SMILES string of the molecule is CC(NC(=O)N(C)C1CCN(C)C(c2cc(CN(C(=O)NC(C)c3ccc(-c4cn[nH]c4)c(Cl)c3Cl)C3CCN(C)CC3)ccc2CO)C1)c1ccc(-c2cnn(C3CC3)c2)c(Cl)c1Cl. The molecule has 4 atom stereocenters. The average Bonchev–Trinajstić information content (AvgIpc) is 3.77. The number of aromatic amines is 1. The van der Waals surface area contributed by atoms with Crippen molar-refractivity contribution in [2.24, 2.45) is 0 Å². The minimum absolute atomic E-state index is 0.0130. The van der Waals surface area contributed by atoms with Crippen molar-refractivity contribution in [1.29, 1.82) is 0 Å². The van der Waals surface area contributed by atoms with Gasteiger partial charge in [-0.2, -0.15) is 10.2 Å². The number of H-pyrrole nitrogens is 1. The molecule has 4 amide bonds. The summed E-state index contributed by atoms with van der Waals surface area (Å²) in [7, 11) is 6.03. The lowest BCUT2D eigenvalue weighted by atomic mass is 9.88. The van der Waals surface area contributed by atoms with Crippen LogP contribution in [0.5, 0.6) is 0 Å². The third kappa shape index (κ3) is 10.3. The van der Waals surface area contributed by atoms with E-state index in [1.165, 1.54) is 0 Å². The Labute approximate surface area is 401 Å². The standard InChI is InChI=1S/C48H58Cl4N10O3/c1-28(37-11-13-40(46(52)44(37)50)33-24-55-62(26-33)35-8-9-35)56-47(64)60(5)36-16-19-59(4)42(21-36)41-20-30(6-7-31(41)27-63)25-61(34-14-17-58(3)18-15-34)48(65)57-29(2)38-10-12-39(45(51)43(38)49)32-22-53-54-23-32/h6-7,10-13,20,22-24,26,28-29,34-36,42,63H,8-9,14-19,21,25,27H2,1-5H3,(H,53,54)(H,56,64)(H,57,65). The summed E-state index contributed by atoms with van der Waals surface area (Å²) in [5.74, 6) is 0. The average molecular weight is 965 g/mol. The zero-order valence-corrected chi connectivity index (χ0v) is 40.5. The zero-order valence-electron chi connectivity index (χ0n) is 37.5. The largest absolute Gasteiger partial charge is 0.392 e. The minimum Gasteiger partial charge on any atom is -0.392 e. The first-order chi connectivity index (χ1) is 31.2. The molecule has 3 fully saturated rings. The van der Waals surface area contributed by atoms with Gasteiger partial charge in [-0.3, -0.25) is 14.7 Å². The number of urea groups is 2. The molecule has 2 aliphatic heterocycles. The number of piperidine rings is 2. The summed E-state index contributed by atoms with van der Waals surface area (Å²) in [4.78, 5) is 36.6. The molecule has 65 heavy (non-hydrogen) atoms. The second kappa shape index (κ2) is 20.3. The van der Waals surface area contributed by atoms with E-state index in [0.717, 1.165) is 96.2 Å². The van der Waals surface area contributed by atoms with E-state index in [4.69, 9.17) is 46.4 Å². The predicted molar refractivity (Wildman–Crippen MR) is 258 cm³/mol. The Balaban J connectivity index is 0.963. The van der Waals surface area contributed by atoms with E-state index < -0.39 is 12.1 Å². The molecule has 2 saturated heterocycles. The Morgan fingerprint density at radius 1 is 0.815 bits per heavy atom. The number of nitrogens with one attached hydrogen (secondary N) is 3. The Hall–Kier alpha value is -4.34. The van der Waals surface area contributed by atoms with Gasteiger partial charge in [0.05, 0.1) is 57.2 Å². The number of hydrogen-bond acceptors (Lipinski definition) is 7. The molecule has 0 bridgehead atoms. The van der Waals surface area contributed by atoms with Crippen molar-refractivity contribution < 1.29 is 14.7 Å². The Kier molecular flexibility index (Phi) is 14.7. The van der Waals surface area contributed by atoms with Crippen LogP contribution in [0.2, 0.25) is 20.1 Å². The van der Waals surface area contributed by atoms with Crippen LogP contribution in [0.4, 0.5) is 9.59 Å². The minimum atomic E-state index is -0.430. The van der Waals surface area contributed by atoms with Gasteiger partial charge in [-0.1, -0.05) is 88.9 Å². The van der Waals surface area contributed by atoms with E-state index in [-0.39, 0.29) is 36.8 Å². The van der Waals surface area contributed by atoms with Crippen LogP contribution < -0.4 is 10.6 Å². The normalized spacial score (nSPS) is 19.5. The fraction of sp³-hybridized carbons (Fsp3) is 0.458. The van der Waals surface area contributed by atoms with Crippen LogP contribution in [0.25, 0.3) is 22.3 Å². The zero-order chi connectivity index (χ0) is 46.1. The summed E-state index contributed by atoms with van der Waals surface area (Å²) in [6.07, 6.45) is 12.6. The fourth-order valence-corrected chi connectivity index (χ4v) is 10.6. The molecule has 1 saturated carbocycles. The lowest BCUT2D eigenvalue weighted by Crippen LogP contribution is -2.50. The molecular weight excluding hydrogens is 906 g/mol. The van der Waals surface area contributed by atoms with E-state index in [1.54, 1.807) is 17.3 Å². The highest BCUT2D eigenvalue weighted by atomic mass is 35.5. The summed E-state index contributed by atoms with van der Waals surface area (Å²) in [5.41, 5.74) is 7.49. The van der Waals surface area contributed by atoms with Gasteiger partial charge in [-0.15, -0.1) is 0 Å². The van der Waals surface area contributed by atoms with Gasteiger partial charge < -0.3 is 30.4 Å². The molecule has 346 valence electrons. The van der Waals surface area contributed by atoms with Crippen molar-refractivity contribution >= 4 is 58.5 Å². The van der Waals surface area contributed by atoms with E-state index in [9.17, 15) is 14.7 Å². The van der Waals surface area contributed by atoms with Crippen LogP contribution in [0.3, 0.4) is 0 Å². The number of carbonyl (C=O) groups excluding carboxylic acids is 2. The molecule has 1 aliphatic carbocycles. The van der Waals surface area contributed by atoms with Crippen molar-refractivity contribution in [2.75, 3.05) is 40.8 Å². The highest BCUT2D eigenvalue weighted by Crippen LogP contribution is 2.42. The molecule has 5 aromatic rings. The number of aliphatic hydroxyl groups is 1. The van der Waals surface area contributed by atoms with Crippen molar-refractivity contribution in [2.45, 2.75) is 102 Å². The monoisotopic (exact) mass is 962 g/mol. The van der Waals surface area contributed by atoms with Gasteiger partial charge in [-0.05, 0) is 107 Å². The molecule has 3 aromatic carbocycles. The number of benzene rings is 3. The van der Waals surface area contributed by atoms with Gasteiger partial charge in [0.25, 0.3) is 0 Å². The molecule has 3 aliphatic rings. The van der Waals surface area contributed by atoms with Crippen molar-refractivity contribution in [3.8, 4) is 22.3 Å². The first kappa shape index (κ1) is 47.2. The number of carbonyl (C=O) groups is 2. The lowest BCUT2D eigenvalue weighted by molar-refractivity contribution is 0.105. The van der Waals surface area contributed by atoms with Crippen LogP contribution in [-0.2, 0) is 13.2 Å². The second-order valence-electron chi connectivity index (χ2n) is 18.1. The molecular formula is C48H58Cl4N10O3. The van der Waals surface area contributed by atoms with Crippen LogP contribution in [0.1, 0.15) is 104 Å². The third-order valence-electron chi connectivity index (χ3n) is 13.7. The lowest BCUT2D eigenvalue weighted by Gasteiger charge is -2.42. The fourth-order valence-electron chi connectivity index (χ4n) is 9.38. The maximum Gasteiger partial charge on any atom is 0.318 e. The summed E-state index contributed by atoms with van der Waals surface area (Å²) in [6.45, 7) is 6.56. The molecule has 8 rings (SSSR count). The first-order valence-electron chi connectivity index (χ1n) is 22.4. The molecule has 4 heterocycles. The van der Waals surface area contributed by atoms with E-state index in [0.29, 0.717) is 44.7 Å². The molecule has 13 nitrogen and oxygen atoms in total. The van der Waals surface area contributed by atoms with Crippen molar-refractivity contribution in [3.63, 3.8) is 0 Å². The Bertz CT molecular complexity index is 2490. The topological polar surface area (TPSA) is 138 Å². The maximum atomic E-state index is 14.4. The third-order valence-corrected chi connectivity index (χ3v) is 15.5. The molecule has 0 spiro atoms. The summed E-state index contributed by atoms with van der Waals surface area (Å²) in [6, 6.07) is 12.8. The number of halogens is 4. The second-order valence-corrected chi connectivity index (χ2v) is 19.6. The highest BCUT2D eigenvalue weighted by Gasteiger charge is 2.35. The molecule has 0 radical (unpaired) electrons. The van der Waals surface area contributed by atoms with Crippen LogP contribution in [-0.4, -0.2) is 110 Å². The molecule has 4 N–H and O–H groups in total. The first-order valence-corrected chi connectivity index (χ1v) is 23.9. The maximum absolute atomic E-state index is 14.4. The number of aliphatic hydroxyl groups excluding tert-OH is 1. The van der Waals surface area contributed by atoms with Crippen molar-refractivity contribution in [1.82, 2.24) is 50.2 Å². The van der Waals surface area contributed by atoms with E-state index in [2.05, 4.69) is 55.9 Å². The molecule has 2 aromatic heterocycles. The molecule has 4 unspecified atom stereocenters. The van der Waals surface area contributed by atoms with Crippen LogP contribution >= 0.6 is 46.4 Å². The predicted octanol–water partition coefficient (Wildman–Crippen LogP) is 10.3. The van der Waals surface area contributed by atoms with Gasteiger partial charge in [0.2, 0.25) is 0 Å². The number of aromatic nitrogens is 4. The number of hydrogen-bond donors (Lipinski definition) is 4. The number of nitrogens with zero attached hydrogens (tertiary/aromatic N) is 7. The molecule has 17 heteroatoms.